The molecule has 0 aromatic heterocycles. The first-order valence-corrected chi connectivity index (χ1v) is 6.43. The van der Waals surface area contributed by atoms with Crippen LogP contribution in [0.25, 0.3) is 0 Å². The fourth-order valence-corrected chi connectivity index (χ4v) is 2.39. The molecule has 0 unspecified atom stereocenters. The summed E-state index contributed by atoms with van der Waals surface area (Å²) in [6.45, 7) is 12.4. The van der Waals surface area contributed by atoms with Gasteiger partial charge in [-0.2, -0.15) is 0 Å². The SMILES string of the molecule is CC1(C)CN(Cc2ccccc2)C(C)(C)CN1. The summed E-state index contributed by atoms with van der Waals surface area (Å²) in [6.07, 6.45) is 0. The molecular weight excluding hydrogens is 208 g/mol. The normalized spacial score (nSPS) is 23.5. The summed E-state index contributed by atoms with van der Waals surface area (Å²) in [4.78, 5) is 2.58. The van der Waals surface area contributed by atoms with Gasteiger partial charge in [-0.05, 0) is 33.3 Å². The van der Waals surface area contributed by atoms with Gasteiger partial charge in [0.2, 0.25) is 0 Å². The second-order valence-corrected chi connectivity index (χ2v) is 6.39. The highest BCUT2D eigenvalue weighted by Gasteiger charge is 2.37. The Bertz CT molecular complexity index is 368. The molecule has 1 aliphatic rings. The lowest BCUT2D eigenvalue weighted by Gasteiger charge is -2.49. The number of piperazine rings is 1. The van der Waals surface area contributed by atoms with Gasteiger partial charge in [-0.15, -0.1) is 0 Å². The second kappa shape index (κ2) is 4.43. The van der Waals surface area contributed by atoms with Crippen LogP contribution in [0.15, 0.2) is 30.3 Å². The lowest BCUT2D eigenvalue weighted by molar-refractivity contribution is 0.0324. The molecule has 1 saturated heterocycles. The van der Waals surface area contributed by atoms with Crippen molar-refractivity contribution in [1.82, 2.24) is 10.2 Å². The van der Waals surface area contributed by atoms with Gasteiger partial charge in [0.1, 0.15) is 0 Å². The molecule has 0 amide bonds. The number of benzene rings is 1. The van der Waals surface area contributed by atoms with Crippen molar-refractivity contribution in [2.24, 2.45) is 0 Å². The van der Waals surface area contributed by atoms with Crippen LogP contribution in [0.5, 0.6) is 0 Å². The van der Waals surface area contributed by atoms with Crippen LogP contribution >= 0.6 is 0 Å². The van der Waals surface area contributed by atoms with E-state index in [1.807, 2.05) is 0 Å². The third-order valence-corrected chi connectivity index (χ3v) is 3.66. The molecule has 2 nitrogen and oxygen atoms in total. The molecule has 17 heavy (non-hydrogen) atoms. The van der Waals surface area contributed by atoms with Crippen LogP contribution in [0.1, 0.15) is 33.3 Å². The summed E-state index contributed by atoms with van der Waals surface area (Å²) in [6, 6.07) is 10.7. The average Bonchev–Trinajstić information content (AvgIpc) is 2.26. The van der Waals surface area contributed by atoms with Crippen molar-refractivity contribution in [1.29, 1.82) is 0 Å². The van der Waals surface area contributed by atoms with Gasteiger partial charge < -0.3 is 5.32 Å². The van der Waals surface area contributed by atoms with E-state index >= 15 is 0 Å². The average molecular weight is 232 g/mol. The van der Waals surface area contributed by atoms with Crippen LogP contribution in [-0.2, 0) is 6.54 Å². The molecule has 0 spiro atoms. The van der Waals surface area contributed by atoms with Crippen molar-refractivity contribution in [2.45, 2.75) is 45.3 Å². The predicted molar refractivity (Wildman–Crippen MR) is 73.0 cm³/mol. The Morgan fingerprint density at radius 3 is 2.41 bits per heavy atom. The van der Waals surface area contributed by atoms with Gasteiger partial charge in [-0.3, -0.25) is 4.90 Å². The van der Waals surface area contributed by atoms with Crippen LogP contribution in [0.2, 0.25) is 0 Å². The zero-order valence-corrected chi connectivity index (χ0v) is 11.5. The minimum Gasteiger partial charge on any atom is -0.309 e. The van der Waals surface area contributed by atoms with Crippen molar-refractivity contribution in [2.75, 3.05) is 13.1 Å². The van der Waals surface area contributed by atoms with E-state index in [4.69, 9.17) is 0 Å². The smallest absolute Gasteiger partial charge is 0.0282 e. The molecular formula is C15H24N2. The van der Waals surface area contributed by atoms with Gasteiger partial charge >= 0.3 is 0 Å². The molecule has 0 radical (unpaired) electrons. The first-order chi connectivity index (χ1) is 7.89. The molecule has 0 saturated carbocycles. The molecule has 1 N–H and O–H groups in total. The maximum Gasteiger partial charge on any atom is 0.0282 e. The summed E-state index contributed by atoms with van der Waals surface area (Å²) in [7, 11) is 0. The number of nitrogens with zero attached hydrogens (tertiary/aromatic N) is 1. The molecule has 0 atom stereocenters. The molecule has 1 aromatic rings. The van der Waals surface area contributed by atoms with Gasteiger partial charge in [-0.25, -0.2) is 0 Å². The Hall–Kier alpha value is -0.860. The van der Waals surface area contributed by atoms with Crippen LogP contribution in [0, 0.1) is 0 Å². The third kappa shape index (κ3) is 3.08. The first-order valence-electron chi connectivity index (χ1n) is 6.43. The van der Waals surface area contributed by atoms with Crippen LogP contribution in [0.4, 0.5) is 0 Å². The highest BCUT2D eigenvalue weighted by Crippen LogP contribution is 2.25. The summed E-state index contributed by atoms with van der Waals surface area (Å²) in [5, 5.41) is 3.62. The molecule has 0 aliphatic carbocycles. The minimum atomic E-state index is 0.213. The fraction of sp³-hybridized carbons (Fsp3) is 0.600. The van der Waals surface area contributed by atoms with Crippen molar-refractivity contribution in [3.63, 3.8) is 0 Å². The number of hydrogen-bond donors (Lipinski definition) is 1. The zero-order valence-electron chi connectivity index (χ0n) is 11.5. The lowest BCUT2D eigenvalue weighted by Crippen LogP contribution is -2.65. The molecule has 1 aromatic carbocycles. The summed E-state index contributed by atoms with van der Waals surface area (Å²) in [5.41, 5.74) is 1.84. The van der Waals surface area contributed by atoms with Crippen molar-refractivity contribution in [3.05, 3.63) is 35.9 Å². The molecule has 2 rings (SSSR count). The Kier molecular flexibility index (Phi) is 3.28. The maximum atomic E-state index is 3.62. The number of nitrogens with one attached hydrogen (secondary N) is 1. The number of hydrogen-bond acceptors (Lipinski definition) is 2. The maximum absolute atomic E-state index is 3.62. The van der Waals surface area contributed by atoms with Gasteiger partial charge in [0, 0.05) is 30.7 Å². The molecule has 0 bridgehead atoms. The zero-order chi connectivity index (χ0) is 12.5. The summed E-state index contributed by atoms with van der Waals surface area (Å²) in [5.74, 6) is 0. The summed E-state index contributed by atoms with van der Waals surface area (Å²) < 4.78 is 0. The quantitative estimate of drug-likeness (QED) is 0.843. The first kappa shape index (κ1) is 12.6. The van der Waals surface area contributed by atoms with Gasteiger partial charge in [0.25, 0.3) is 0 Å². The Labute approximate surface area is 105 Å². The molecule has 94 valence electrons. The highest BCUT2D eigenvalue weighted by molar-refractivity contribution is 5.15. The van der Waals surface area contributed by atoms with E-state index in [9.17, 15) is 0 Å². The molecule has 1 aliphatic heterocycles. The molecule has 1 fully saturated rings. The van der Waals surface area contributed by atoms with E-state index in [2.05, 4.69) is 68.2 Å². The van der Waals surface area contributed by atoms with E-state index in [-0.39, 0.29) is 11.1 Å². The third-order valence-electron chi connectivity index (χ3n) is 3.66. The fourth-order valence-electron chi connectivity index (χ4n) is 2.39. The standard InChI is InChI=1S/C15H24N2/c1-14(2)12-17(15(3,4)11-16-14)10-13-8-6-5-7-9-13/h5-9,16H,10-12H2,1-4H3. The second-order valence-electron chi connectivity index (χ2n) is 6.39. The van der Waals surface area contributed by atoms with Crippen LogP contribution in [0.3, 0.4) is 0 Å². The predicted octanol–water partition coefficient (Wildman–Crippen LogP) is 2.65. The Morgan fingerprint density at radius 1 is 1.12 bits per heavy atom. The van der Waals surface area contributed by atoms with Gasteiger partial charge in [0.05, 0.1) is 0 Å². The van der Waals surface area contributed by atoms with E-state index < -0.39 is 0 Å². The van der Waals surface area contributed by atoms with Crippen LogP contribution in [-0.4, -0.2) is 29.1 Å². The topological polar surface area (TPSA) is 15.3 Å². The van der Waals surface area contributed by atoms with Crippen molar-refractivity contribution in [3.8, 4) is 0 Å². The van der Waals surface area contributed by atoms with Gasteiger partial charge in [0.15, 0.2) is 0 Å². The van der Waals surface area contributed by atoms with E-state index in [0.717, 1.165) is 19.6 Å². The van der Waals surface area contributed by atoms with Crippen LogP contribution < -0.4 is 5.32 Å². The molecule has 2 heteroatoms. The van der Waals surface area contributed by atoms with Crippen molar-refractivity contribution >= 4 is 0 Å². The van der Waals surface area contributed by atoms with E-state index in [1.165, 1.54) is 5.56 Å². The summed E-state index contributed by atoms with van der Waals surface area (Å²) >= 11 is 0. The van der Waals surface area contributed by atoms with Gasteiger partial charge in [-0.1, -0.05) is 30.3 Å². The van der Waals surface area contributed by atoms with E-state index in [1.54, 1.807) is 0 Å². The largest absolute Gasteiger partial charge is 0.309 e. The lowest BCUT2D eigenvalue weighted by atomic mass is 9.91. The molecule has 1 heterocycles. The van der Waals surface area contributed by atoms with Crippen molar-refractivity contribution < 1.29 is 0 Å². The van der Waals surface area contributed by atoms with E-state index in [0.29, 0.717) is 0 Å². The highest BCUT2D eigenvalue weighted by atomic mass is 15.3. The Morgan fingerprint density at radius 2 is 1.76 bits per heavy atom. The minimum absolute atomic E-state index is 0.213. The Balaban J connectivity index is 2.12. The monoisotopic (exact) mass is 232 g/mol. The number of rotatable bonds is 2.